The molecule has 4 aromatic rings. The van der Waals surface area contributed by atoms with Crippen LogP contribution in [0.5, 0.6) is 0 Å². The Bertz CT molecular complexity index is 1800. The number of nitriles is 3. The van der Waals surface area contributed by atoms with Crippen LogP contribution in [0, 0.1) is 39.4 Å². The highest BCUT2D eigenvalue weighted by Crippen LogP contribution is 2.48. The lowest BCUT2D eigenvalue weighted by atomic mass is 9.96. The van der Waals surface area contributed by atoms with Crippen molar-refractivity contribution in [2.75, 3.05) is 17.2 Å². The highest BCUT2D eigenvalue weighted by Gasteiger charge is 2.54. The van der Waals surface area contributed by atoms with Gasteiger partial charge in [0.2, 0.25) is 0 Å². The van der Waals surface area contributed by atoms with Crippen LogP contribution in [0.1, 0.15) is 67.6 Å². The third-order valence-corrected chi connectivity index (χ3v) is 7.63. The van der Waals surface area contributed by atoms with Crippen molar-refractivity contribution in [2.24, 2.45) is 5.41 Å². The molecular weight excluding hydrogens is 560 g/mol. The third kappa shape index (κ3) is 5.30. The molecule has 0 amide bonds. The molecule has 0 radical (unpaired) electrons. The molecule has 1 aliphatic carbocycles. The second kappa shape index (κ2) is 10.9. The normalized spacial score (nSPS) is 14.6. The summed E-state index contributed by atoms with van der Waals surface area (Å²) in [6.45, 7) is 6.72. The Hall–Kier alpha value is -4.79. The Kier molecular flexibility index (Phi) is 7.45. The zero-order valence-corrected chi connectivity index (χ0v) is 23.8. The standard InChI is InChI=1S/C30H26ClF2N9/c1-29(2,3)16-38-26-19(13-36)14-37-25-18(12-35)9-20(10-22(25)26)39-27(21-6-4-5-17(11-34)24(21)31)23-15-42(41-40-23)30(7-8-30)28(32)33/h4-6,9-10,14-15,27-28,39H,7-8,16H2,1-3H3,(H,37,38). The van der Waals surface area contributed by atoms with Crippen LogP contribution in [0.15, 0.2) is 42.7 Å². The number of fused-ring (bicyclic) bond motifs is 1. The number of nitrogens with zero attached hydrogens (tertiary/aromatic N) is 7. The minimum absolute atomic E-state index is 0.104. The van der Waals surface area contributed by atoms with Gasteiger partial charge in [0.25, 0.3) is 6.43 Å². The first kappa shape index (κ1) is 28.7. The van der Waals surface area contributed by atoms with E-state index in [1.54, 1.807) is 30.3 Å². The third-order valence-electron chi connectivity index (χ3n) is 7.21. The van der Waals surface area contributed by atoms with Gasteiger partial charge in [0.15, 0.2) is 0 Å². The Morgan fingerprint density at radius 2 is 1.79 bits per heavy atom. The van der Waals surface area contributed by atoms with Gasteiger partial charge in [-0.2, -0.15) is 15.8 Å². The number of aromatic nitrogens is 4. The van der Waals surface area contributed by atoms with E-state index in [4.69, 9.17) is 11.6 Å². The van der Waals surface area contributed by atoms with Crippen molar-refractivity contribution in [1.29, 1.82) is 15.8 Å². The fraction of sp³-hybridized carbons (Fsp3) is 0.333. The zero-order valence-electron chi connectivity index (χ0n) is 23.1. The molecule has 2 heterocycles. The molecule has 0 bridgehead atoms. The van der Waals surface area contributed by atoms with Crippen molar-refractivity contribution in [1.82, 2.24) is 20.0 Å². The van der Waals surface area contributed by atoms with E-state index >= 15 is 0 Å². The summed E-state index contributed by atoms with van der Waals surface area (Å²) in [4.78, 5) is 4.39. The summed E-state index contributed by atoms with van der Waals surface area (Å²) >= 11 is 6.64. The second-order valence-electron chi connectivity index (χ2n) is 11.5. The van der Waals surface area contributed by atoms with Gasteiger partial charge in [-0.3, -0.25) is 4.98 Å². The Morgan fingerprint density at radius 3 is 2.40 bits per heavy atom. The molecule has 1 fully saturated rings. The van der Waals surface area contributed by atoms with Crippen molar-refractivity contribution in [3.8, 4) is 18.2 Å². The lowest BCUT2D eigenvalue weighted by Crippen LogP contribution is -2.26. The van der Waals surface area contributed by atoms with Gasteiger partial charge in [0.1, 0.15) is 29.4 Å². The number of pyridine rings is 1. The summed E-state index contributed by atoms with van der Waals surface area (Å²) < 4.78 is 28.9. The van der Waals surface area contributed by atoms with E-state index in [1.165, 1.54) is 17.1 Å². The van der Waals surface area contributed by atoms with Gasteiger partial charge in [-0.1, -0.05) is 49.7 Å². The van der Waals surface area contributed by atoms with Crippen molar-refractivity contribution < 1.29 is 8.78 Å². The number of hydrogen-bond donors (Lipinski definition) is 2. The number of nitrogens with one attached hydrogen (secondary N) is 2. The maximum Gasteiger partial charge on any atom is 0.263 e. The van der Waals surface area contributed by atoms with E-state index in [-0.39, 0.29) is 34.4 Å². The van der Waals surface area contributed by atoms with Crippen molar-refractivity contribution >= 4 is 33.9 Å². The lowest BCUT2D eigenvalue weighted by Gasteiger charge is -2.23. The Labute approximate surface area is 246 Å². The first-order chi connectivity index (χ1) is 20.0. The molecule has 1 atom stereocenters. The number of rotatable bonds is 8. The van der Waals surface area contributed by atoms with Crippen molar-refractivity contribution in [3.05, 3.63) is 75.7 Å². The molecule has 0 aliphatic heterocycles. The molecule has 0 saturated heterocycles. The van der Waals surface area contributed by atoms with Crippen molar-refractivity contribution in [3.63, 3.8) is 0 Å². The number of benzene rings is 2. The van der Waals surface area contributed by atoms with Crippen LogP contribution in [-0.4, -0.2) is 32.9 Å². The molecule has 0 spiro atoms. The smallest absolute Gasteiger partial charge is 0.263 e. The molecule has 2 N–H and O–H groups in total. The zero-order chi connectivity index (χ0) is 30.2. The molecule has 212 valence electrons. The lowest BCUT2D eigenvalue weighted by molar-refractivity contribution is 0.0593. The Morgan fingerprint density at radius 1 is 1.07 bits per heavy atom. The van der Waals surface area contributed by atoms with E-state index in [0.717, 1.165) is 0 Å². The number of anilines is 2. The average Bonchev–Trinajstić information content (AvgIpc) is 3.64. The van der Waals surface area contributed by atoms with Crippen LogP contribution in [0.2, 0.25) is 5.02 Å². The molecule has 1 saturated carbocycles. The van der Waals surface area contributed by atoms with Gasteiger partial charge in [-0.25, -0.2) is 13.5 Å². The van der Waals surface area contributed by atoms with Crippen LogP contribution < -0.4 is 10.6 Å². The fourth-order valence-electron chi connectivity index (χ4n) is 4.74. The van der Waals surface area contributed by atoms with Crippen LogP contribution in [-0.2, 0) is 5.54 Å². The molecule has 1 aliphatic rings. The summed E-state index contributed by atoms with van der Waals surface area (Å²) in [6, 6.07) is 13.9. The van der Waals surface area contributed by atoms with Gasteiger partial charge in [0.05, 0.1) is 45.2 Å². The summed E-state index contributed by atoms with van der Waals surface area (Å²) in [5.74, 6) is 0. The summed E-state index contributed by atoms with van der Waals surface area (Å²) in [7, 11) is 0. The molecule has 2 aromatic carbocycles. The van der Waals surface area contributed by atoms with Gasteiger partial charge in [-0.05, 0) is 36.5 Å². The predicted octanol–water partition coefficient (Wildman–Crippen LogP) is 6.51. The van der Waals surface area contributed by atoms with E-state index in [2.05, 4.69) is 64.9 Å². The van der Waals surface area contributed by atoms with Gasteiger partial charge < -0.3 is 10.6 Å². The number of alkyl halides is 2. The van der Waals surface area contributed by atoms with Crippen LogP contribution >= 0.6 is 11.6 Å². The van der Waals surface area contributed by atoms with Crippen molar-refractivity contribution in [2.45, 2.75) is 51.6 Å². The van der Waals surface area contributed by atoms with Crippen LogP contribution in [0.25, 0.3) is 10.9 Å². The predicted molar refractivity (Wildman–Crippen MR) is 154 cm³/mol. The molecular formula is C30H26ClF2N9. The number of halogens is 3. The average molecular weight is 586 g/mol. The molecule has 12 heteroatoms. The summed E-state index contributed by atoms with van der Waals surface area (Å²) in [6.07, 6.45) is 0.857. The van der Waals surface area contributed by atoms with Gasteiger partial charge in [-0.15, -0.1) is 5.10 Å². The highest BCUT2D eigenvalue weighted by molar-refractivity contribution is 6.32. The minimum atomic E-state index is -2.61. The molecule has 2 aromatic heterocycles. The second-order valence-corrected chi connectivity index (χ2v) is 11.9. The quantitative estimate of drug-likeness (QED) is 0.238. The van der Waals surface area contributed by atoms with Gasteiger partial charge in [0, 0.05) is 29.4 Å². The first-order valence-corrected chi connectivity index (χ1v) is 13.6. The van der Waals surface area contributed by atoms with Crippen LogP contribution in [0.4, 0.5) is 20.2 Å². The molecule has 5 rings (SSSR count). The van der Waals surface area contributed by atoms with Crippen LogP contribution in [0.3, 0.4) is 0 Å². The first-order valence-electron chi connectivity index (χ1n) is 13.2. The molecule has 42 heavy (non-hydrogen) atoms. The summed E-state index contributed by atoms with van der Waals surface area (Å²) in [5, 5.41) is 45.1. The summed E-state index contributed by atoms with van der Waals surface area (Å²) in [5.41, 5.74) is 1.49. The van der Waals surface area contributed by atoms with E-state index in [0.29, 0.717) is 45.6 Å². The maximum atomic E-state index is 13.8. The largest absolute Gasteiger partial charge is 0.383 e. The molecule has 9 nitrogen and oxygen atoms in total. The topological polar surface area (TPSA) is 139 Å². The van der Waals surface area contributed by atoms with E-state index < -0.39 is 18.0 Å². The maximum absolute atomic E-state index is 13.8. The van der Waals surface area contributed by atoms with E-state index in [1.807, 2.05) is 0 Å². The minimum Gasteiger partial charge on any atom is -0.383 e. The molecule has 1 unspecified atom stereocenters. The highest BCUT2D eigenvalue weighted by atomic mass is 35.5. The van der Waals surface area contributed by atoms with Gasteiger partial charge >= 0.3 is 0 Å². The SMILES string of the molecule is CC(C)(C)CNc1c(C#N)cnc2c(C#N)cc(NC(c3cn(C4(C(F)F)CC4)nn3)c3cccc(C#N)c3Cl)cc12. The van der Waals surface area contributed by atoms with E-state index in [9.17, 15) is 24.6 Å². The number of hydrogen-bond acceptors (Lipinski definition) is 8. The monoisotopic (exact) mass is 585 g/mol. The Balaban J connectivity index is 1.66. The fourth-order valence-corrected chi connectivity index (χ4v) is 5.02.